The highest BCUT2D eigenvalue weighted by Gasteiger charge is 2.69. The monoisotopic (exact) mass is 528 g/mol. The van der Waals surface area contributed by atoms with Gasteiger partial charge in [-0.2, -0.15) is 0 Å². The van der Waals surface area contributed by atoms with Gasteiger partial charge in [-0.15, -0.1) is 0 Å². The summed E-state index contributed by atoms with van der Waals surface area (Å²) in [6.07, 6.45) is 7.80. The van der Waals surface area contributed by atoms with Crippen LogP contribution in [0.2, 0.25) is 0 Å². The number of Topliss-reactive ketones (excluding diaryl/α,β-unsaturated/α-hetero) is 4. The Bertz CT molecular complexity index is 1430. The zero-order valence-corrected chi connectivity index (χ0v) is 23.0. The lowest BCUT2D eigenvalue weighted by Gasteiger charge is -2.47. The minimum Gasteiger partial charge on any atom is -0.361 e. The first-order chi connectivity index (χ1) is 18.6. The molecule has 1 saturated heterocycles. The summed E-state index contributed by atoms with van der Waals surface area (Å²) in [5.41, 5.74) is 0.771. The van der Waals surface area contributed by atoms with Crippen LogP contribution in [0.15, 0.2) is 54.3 Å². The van der Waals surface area contributed by atoms with Crippen molar-refractivity contribution in [2.24, 2.45) is 35.0 Å². The number of aromatic amines is 1. The maximum Gasteiger partial charge on any atom is 0.235 e. The first-order valence-electron chi connectivity index (χ1n) is 13.9. The van der Waals surface area contributed by atoms with Crippen LogP contribution in [0.5, 0.6) is 0 Å². The van der Waals surface area contributed by atoms with Crippen LogP contribution in [-0.4, -0.2) is 40.1 Å². The zero-order chi connectivity index (χ0) is 28.1. The van der Waals surface area contributed by atoms with E-state index in [0.29, 0.717) is 18.4 Å². The van der Waals surface area contributed by atoms with Crippen LogP contribution in [0.1, 0.15) is 52.5 Å². The number of aromatic nitrogens is 1. The number of carbonyl (C=O) groups is 5. The summed E-state index contributed by atoms with van der Waals surface area (Å²) in [6.45, 7) is 7.39. The van der Waals surface area contributed by atoms with Gasteiger partial charge in [0.05, 0.1) is 5.92 Å². The van der Waals surface area contributed by atoms with Crippen molar-refractivity contribution in [3.05, 3.63) is 59.8 Å². The molecule has 1 aromatic carbocycles. The average molecular weight is 529 g/mol. The fourth-order valence-corrected chi connectivity index (χ4v) is 7.27. The predicted molar refractivity (Wildman–Crippen MR) is 148 cm³/mol. The molecule has 204 valence electrons. The number of para-hydroxylation sites is 1. The molecule has 7 heteroatoms. The van der Waals surface area contributed by atoms with Gasteiger partial charge in [0.15, 0.2) is 0 Å². The van der Waals surface area contributed by atoms with Crippen molar-refractivity contribution in [2.45, 2.75) is 59.4 Å². The van der Waals surface area contributed by atoms with E-state index in [1.807, 2.05) is 57.3 Å². The van der Waals surface area contributed by atoms with Crippen molar-refractivity contribution in [3.8, 4) is 0 Å². The number of ketones is 4. The third-order valence-corrected chi connectivity index (χ3v) is 9.39. The summed E-state index contributed by atoms with van der Waals surface area (Å²) in [6, 6.07) is 7.58. The quantitative estimate of drug-likeness (QED) is 0.343. The molecule has 0 radical (unpaired) electrons. The van der Waals surface area contributed by atoms with E-state index in [9.17, 15) is 24.0 Å². The van der Waals surface area contributed by atoms with Crippen molar-refractivity contribution < 1.29 is 24.0 Å². The van der Waals surface area contributed by atoms with E-state index >= 15 is 0 Å². The zero-order valence-electron chi connectivity index (χ0n) is 23.0. The number of rotatable bonds is 2. The molecule has 1 spiro atoms. The molecule has 1 amide bonds. The van der Waals surface area contributed by atoms with E-state index in [0.717, 1.165) is 16.5 Å². The largest absolute Gasteiger partial charge is 0.361 e. The Morgan fingerprint density at radius 1 is 1.00 bits per heavy atom. The minimum absolute atomic E-state index is 0.0525. The van der Waals surface area contributed by atoms with Crippen molar-refractivity contribution in [1.82, 2.24) is 10.3 Å². The summed E-state index contributed by atoms with van der Waals surface area (Å²) in [7, 11) is 0. The van der Waals surface area contributed by atoms with E-state index in [4.69, 9.17) is 0 Å². The van der Waals surface area contributed by atoms with Gasteiger partial charge >= 0.3 is 0 Å². The summed E-state index contributed by atoms with van der Waals surface area (Å²) in [5.74, 6) is -4.23. The van der Waals surface area contributed by atoms with E-state index in [-0.39, 0.29) is 42.4 Å². The van der Waals surface area contributed by atoms with Crippen LogP contribution < -0.4 is 5.32 Å². The van der Waals surface area contributed by atoms with Crippen LogP contribution in [-0.2, 0) is 30.4 Å². The van der Waals surface area contributed by atoms with Gasteiger partial charge in [-0.3, -0.25) is 24.0 Å². The Morgan fingerprint density at radius 3 is 2.51 bits per heavy atom. The highest BCUT2D eigenvalue weighted by Crippen LogP contribution is 2.56. The second kappa shape index (κ2) is 10.2. The van der Waals surface area contributed by atoms with Gasteiger partial charge in [-0.05, 0) is 48.8 Å². The molecule has 0 bridgehead atoms. The lowest BCUT2D eigenvalue weighted by Crippen LogP contribution is -2.59. The van der Waals surface area contributed by atoms with Crippen LogP contribution in [0.3, 0.4) is 0 Å². The Hall–Kier alpha value is -3.61. The summed E-state index contributed by atoms with van der Waals surface area (Å²) < 4.78 is 0. The maximum atomic E-state index is 14.2. The topological polar surface area (TPSA) is 113 Å². The molecule has 3 aliphatic rings. The molecule has 1 aromatic heterocycles. The van der Waals surface area contributed by atoms with Gasteiger partial charge in [0, 0.05) is 47.8 Å². The number of H-pyrrole nitrogens is 1. The molecule has 7 nitrogen and oxygen atoms in total. The normalized spacial score (nSPS) is 36.2. The molecular weight excluding hydrogens is 492 g/mol. The third kappa shape index (κ3) is 4.32. The van der Waals surface area contributed by atoms with Gasteiger partial charge in [0.25, 0.3) is 0 Å². The molecule has 7 atom stereocenters. The molecule has 2 aliphatic carbocycles. The van der Waals surface area contributed by atoms with Gasteiger partial charge in [-0.25, -0.2) is 0 Å². The second-order valence-corrected chi connectivity index (χ2v) is 11.7. The van der Waals surface area contributed by atoms with Crippen molar-refractivity contribution in [2.75, 3.05) is 0 Å². The molecule has 0 unspecified atom stereocenters. The predicted octanol–water partition coefficient (Wildman–Crippen LogP) is 4.31. The molecule has 2 heterocycles. The lowest BCUT2D eigenvalue weighted by atomic mass is 9.51. The Kier molecular flexibility index (Phi) is 7.04. The molecule has 2 fully saturated rings. The summed E-state index contributed by atoms with van der Waals surface area (Å²) in [4.78, 5) is 70.8. The Labute approximate surface area is 228 Å². The second-order valence-electron chi connectivity index (χ2n) is 11.7. The first kappa shape index (κ1) is 27.0. The first-order valence-corrected chi connectivity index (χ1v) is 13.9. The highest BCUT2D eigenvalue weighted by molar-refractivity contribution is 6.43. The molecule has 39 heavy (non-hydrogen) atoms. The SMILES string of the molecule is C/C1=C\[C@@H](C)C/C=C/[C@H]2C(=O)[C@@H](C)[C@@H](C)[C@H]3[C@H](Cc4c[nH]c5ccccc45)NC(=O)[C@]32C(=O)CCC(=O)C1=O. The van der Waals surface area contributed by atoms with Gasteiger partial charge in [0.2, 0.25) is 17.5 Å². The van der Waals surface area contributed by atoms with Crippen LogP contribution in [0.25, 0.3) is 10.9 Å². The van der Waals surface area contributed by atoms with E-state index < -0.39 is 40.5 Å². The molecule has 2 N–H and O–H groups in total. The lowest BCUT2D eigenvalue weighted by molar-refractivity contribution is -0.158. The number of carbonyl (C=O) groups excluding carboxylic acids is 5. The number of benzene rings is 1. The third-order valence-electron chi connectivity index (χ3n) is 9.39. The van der Waals surface area contributed by atoms with E-state index in [2.05, 4.69) is 10.3 Å². The van der Waals surface area contributed by atoms with Crippen molar-refractivity contribution >= 4 is 39.9 Å². The number of hydrogen-bond acceptors (Lipinski definition) is 5. The fraction of sp³-hybridized carbons (Fsp3) is 0.469. The number of allylic oxidation sites excluding steroid dienone is 4. The summed E-state index contributed by atoms with van der Waals surface area (Å²) in [5, 5.41) is 4.18. The Morgan fingerprint density at radius 2 is 1.74 bits per heavy atom. The van der Waals surface area contributed by atoms with Crippen LogP contribution >= 0.6 is 0 Å². The molecular formula is C32H36N2O5. The van der Waals surface area contributed by atoms with E-state index in [1.54, 1.807) is 19.1 Å². The number of fused-ring (bicyclic) bond motifs is 1. The van der Waals surface area contributed by atoms with Gasteiger partial charge in [-0.1, -0.05) is 57.2 Å². The fourth-order valence-electron chi connectivity index (χ4n) is 7.27. The van der Waals surface area contributed by atoms with Gasteiger partial charge in [0.1, 0.15) is 17.0 Å². The molecule has 1 saturated carbocycles. The van der Waals surface area contributed by atoms with E-state index in [1.165, 1.54) is 0 Å². The highest BCUT2D eigenvalue weighted by atomic mass is 16.2. The Balaban J connectivity index is 1.60. The van der Waals surface area contributed by atoms with Gasteiger partial charge < -0.3 is 10.3 Å². The number of amides is 1. The standard InChI is InChI=1S/C32H36N2O5/c1-17-8-7-10-23-30(38)20(4)19(3)28-25(15-21-16-33-24-11-6-5-9-22(21)24)34-31(39)32(23,28)27(36)13-12-26(35)29(37)18(2)14-17/h5-7,9-11,14,16-17,19-20,23,25,28,33H,8,12-13,15H2,1-4H3,(H,34,39)/b10-7+,18-14+/t17-,19+,20-,23-,25-,28-,32+/m0/s1. The van der Waals surface area contributed by atoms with Crippen molar-refractivity contribution in [1.29, 1.82) is 0 Å². The number of hydrogen-bond donors (Lipinski definition) is 2. The molecule has 1 aliphatic heterocycles. The smallest absolute Gasteiger partial charge is 0.235 e. The molecule has 5 rings (SSSR count). The average Bonchev–Trinajstić information content (AvgIpc) is 3.45. The minimum atomic E-state index is -1.61. The van der Waals surface area contributed by atoms with Crippen molar-refractivity contribution in [3.63, 3.8) is 0 Å². The molecule has 2 aromatic rings. The summed E-state index contributed by atoms with van der Waals surface area (Å²) >= 11 is 0. The van der Waals surface area contributed by atoms with Crippen LogP contribution in [0.4, 0.5) is 0 Å². The number of nitrogens with one attached hydrogen (secondary N) is 2. The maximum absolute atomic E-state index is 14.2. The van der Waals surface area contributed by atoms with Crippen LogP contribution in [0, 0.1) is 35.0 Å².